The highest BCUT2D eigenvalue weighted by molar-refractivity contribution is 5.99. The van der Waals surface area contributed by atoms with Gasteiger partial charge in [0.15, 0.2) is 0 Å². The molecule has 4 rings (SSSR count). The number of aliphatic hydroxyl groups excluding tert-OH is 1. The van der Waals surface area contributed by atoms with E-state index < -0.39 is 59.8 Å². The van der Waals surface area contributed by atoms with Gasteiger partial charge in [0, 0.05) is 30.6 Å². The first-order valence-corrected chi connectivity index (χ1v) is 19.8. The summed E-state index contributed by atoms with van der Waals surface area (Å²) in [6.45, 7) is 7.38. The van der Waals surface area contributed by atoms with E-state index in [9.17, 15) is 33.9 Å². The van der Waals surface area contributed by atoms with Crippen LogP contribution in [0.5, 0.6) is 0 Å². The van der Waals surface area contributed by atoms with Crippen LogP contribution < -0.4 is 37.6 Å². The number of anilines is 1. The van der Waals surface area contributed by atoms with E-state index in [1.165, 1.54) is 0 Å². The lowest BCUT2D eigenvalue weighted by molar-refractivity contribution is -0.134. The van der Waals surface area contributed by atoms with Crippen LogP contribution in [-0.4, -0.2) is 78.7 Å². The molecule has 0 bridgehead atoms. The maximum Gasteiger partial charge on any atom is 0.407 e. The summed E-state index contributed by atoms with van der Waals surface area (Å²) in [5, 5.41) is 25.7. The number of primary amides is 1. The van der Waals surface area contributed by atoms with Gasteiger partial charge in [-0.3, -0.25) is 19.2 Å². The number of benzene rings is 3. The second kappa shape index (κ2) is 22.1. The lowest BCUT2D eigenvalue weighted by Gasteiger charge is -2.27. The molecular formula is C43H57N7O8. The van der Waals surface area contributed by atoms with Gasteiger partial charge in [-0.2, -0.15) is 0 Å². The van der Waals surface area contributed by atoms with Gasteiger partial charge in [0.05, 0.1) is 6.61 Å². The van der Waals surface area contributed by atoms with Crippen LogP contribution in [0, 0.1) is 11.8 Å². The van der Waals surface area contributed by atoms with Crippen molar-refractivity contribution in [2.24, 2.45) is 17.6 Å². The van der Waals surface area contributed by atoms with Crippen molar-refractivity contribution in [1.82, 2.24) is 26.6 Å². The maximum atomic E-state index is 13.7. The number of unbranched alkanes of at least 4 members (excludes halogenated alkanes) is 1. The van der Waals surface area contributed by atoms with E-state index in [-0.39, 0.29) is 51.0 Å². The van der Waals surface area contributed by atoms with Crippen LogP contribution >= 0.6 is 0 Å². The molecule has 58 heavy (non-hydrogen) atoms. The average Bonchev–Trinajstić information content (AvgIpc) is 3.52. The number of amides is 7. The number of ether oxygens (including phenoxy) is 1. The van der Waals surface area contributed by atoms with Gasteiger partial charge in [0.2, 0.25) is 23.6 Å². The van der Waals surface area contributed by atoms with Crippen LogP contribution in [-0.2, 0) is 30.5 Å². The number of rotatable bonds is 21. The van der Waals surface area contributed by atoms with E-state index >= 15 is 0 Å². The Kier molecular flexibility index (Phi) is 17.1. The van der Waals surface area contributed by atoms with Gasteiger partial charge in [0.25, 0.3) is 0 Å². The van der Waals surface area contributed by atoms with Gasteiger partial charge in [0.1, 0.15) is 24.7 Å². The van der Waals surface area contributed by atoms with Crippen molar-refractivity contribution in [3.63, 3.8) is 0 Å². The molecule has 0 fully saturated rings. The number of carbonyl (C=O) groups is 6. The minimum atomic E-state index is -1.07. The molecule has 312 valence electrons. The fourth-order valence-electron chi connectivity index (χ4n) is 6.68. The molecule has 15 heteroatoms. The third-order valence-electron chi connectivity index (χ3n) is 9.94. The van der Waals surface area contributed by atoms with Gasteiger partial charge in [-0.15, -0.1) is 0 Å². The van der Waals surface area contributed by atoms with Crippen LogP contribution in [0.2, 0.25) is 0 Å². The van der Waals surface area contributed by atoms with Crippen molar-refractivity contribution in [2.75, 3.05) is 25.0 Å². The lowest BCUT2D eigenvalue weighted by Crippen LogP contribution is -2.58. The van der Waals surface area contributed by atoms with Gasteiger partial charge in [-0.1, -0.05) is 88.4 Å². The lowest BCUT2D eigenvalue weighted by atomic mass is 9.98. The van der Waals surface area contributed by atoms with Gasteiger partial charge < -0.3 is 47.5 Å². The Morgan fingerprint density at radius 2 is 1.24 bits per heavy atom. The molecule has 1 aliphatic carbocycles. The zero-order chi connectivity index (χ0) is 42.2. The number of hydrogen-bond donors (Lipinski definition) is 8. The molecular weight excluding hydrogens is 743 g/mol. The largest absolute Gasteiger partial charge is 0.449 e. The highest BCUT2D eigenvalue weighted by atomic mass is 16.5. The second-order valence-corrected chi connectivity index (χ2v) is 15.0. The summed E-state index contributed by atoms with van der Waals surface area (Å²) in [5.74, 6) is -2.91. The van der Waals surface area contributed by atoms with E-state index in [4.69, 9.17) is 10.5 Å². The summed E-state index contributed by atoms with van der Waals surface area (Å²) in [6.07, 6.45) is 1.08. The first-order chi connectivity index (χ1) is 27.8. The summed E-state index contributed by atoms with van der Waals surface area (Å²) in [6, 6.07) is 18.9. The van der Waals surface area contributed by atoms with Crippen LogP contribution in [0.1, 0.15) is 82.4 Å². The summed E-state index contributed by atoms with van der Waals surface area (Å²) in [5.41, 5.74) is 10.8. The topological polar surface area (TPSA) is 230 Å². The average molecular weight is 800 g/mol. The van der Waals surface area contributed by atoms with Crippen LogP contribution in [0.25, 0.3) is 11.1 Å². The molecule has 0 aliphatic heterocycles. The minimum absolute atomic E-state index is 0.0664. The number of nitrogens with two attached hydrogens (primary N) is 1. The van der Waals surface area contributed by atoms with Crippen molar-refractivity contribution in [2.45, 2.75) is 90.4 Å². The van der Waals surface area contributed by atoms with Crippen molar-refractivity contribution in [1.29, 1.82) is 0 Å². The smallest absolute Gasteiger partial charge is 0.407 e. The van der Waals surface area contributed by atoms with Crippen LogP contribution in [0.15, 0.2) is 72.8 Å². The highest BCUT2D eigenvalue weighted by Crippen LogP contribution is 2.44. The molecule has 0 aromatic heterocycles. The molecule has 7 amide bonds. The summed E-state index contributed by atoms with van der Waals surface area (Å²) in [7, 11) is 0. The number of urea groups is 1. The fraction of sp³-hybridized carbons (Fsp3) is 0.442. The molecule has 0 heterocycles. The molecule has 3 atom stereocenters. The monoisotopic (exact) mass is 799 g/mol. The number of alkyl carbamates (subject to hydrolysis) is 1. The summed E-state index contributed by atoms with van der Waals surface area (Å²) < 4.78 is 5.63. The van der Waals surface area contributed by atoms with Crippen LogP contribution in [0.4, 0.5) is 15.3 Å². The fourth-order valence-corrected chi connectivity index (χ4v) is 6.68. The Bertz CT molecular complexity index is 1840. The van der Waals surface area contributed by atoms with E-state index in [0.717, 1.165) is 22.3 Å². The van der Waals surface area contributed by atoms with Gasteiger partial charge in [-0.25, -0.2) is 9.59 Å². The van der Waals surface area contributed by atoms with E-state index in [1.54, 1.807) is 52.0 Å². The Balaban J connectivity index is 1.32. The van der Waals surface area contributed by atoms with Gasteiger partial charge >= 0.3 is 12.1 Å². The molecule has 3 aromatic carbocycles. The summed E-state index contributed by atoms with van der Waals surface area (Å²) in [4.78, 5) is 77.5. The Morgan fingerprint density at radius 3 is 1.83 bits per heavy atom. The first kappa shape index (κ1) is 44.8. The number of aliphatic hydroxyl groups is 1. The maximum absolute atomic E-state index is 13.7. The number of fused-ring (bicyclic) bond motifs is 3. The quantitative estimate of drug-likeness (QED) is 0.0732. The van der Waals surface area contributed by atoms with Crippen LogP contribution in [0.3, 0.4) is 0 Å². The number of nitrogens with one attached hydrogen (secondary N) is 6. The highest BCUT2D eigenvalue weighted by Gasteiger charge is 2.32. The Labute approximate surface area is 339 Å². The Morgan fingerprint density at radius 1 is 0.672 bits per heavy atom. The molecule has 15 nitrogen and oxygen atoms in total. The first-order valence-electron chi connectivity index (χ1n) is 19.8. The number of hydrogen-bond acceptors (Lipinski definition) is 8. The molecule has 0 radical (unpaired) electrons. The third-order valence-corrected chi connectivity index (χ3v) is 9.94. The molecule has 0 unspecified atom stereocenters. The van der Waals surface area contributed by atoms with Crippen molar-refractivity contribution in [3.05, 3.63) is 89.5 Å². The minimum Gasteiger partial charge on any atom is -0.449 e. The van der Waals surface area contributed by atoms with E-state index in [0.29, 0.717) is 30.5 Å². The van der Waals surface area contributed by atoms with Crippen molar-refractivity contribution >= 4 is 41.4 Å². The standard InChI is InChI=1S/C43H57N7O8/c1-26(2)37(41(55)49-36(17-11-23-45-42(44)56)39(53)47-29-20-18-28(24-51)19-21-29)50-40(54)35(48-38(52)27(3)4)16-9-10-22-46-43(57)58-25-34-32-14-7-5-12-30(32)31-13-6-8-15-33(31)34/h5-8,12-15,18-21,26-27,34-37,51H,9-11,16-17,22-25H2,1-4H3,(H,46,57)(H,47,53)(H,48,52)(H,49,55)(H,50,54)(H3,44,45,56)/t35-,36-,37-/m0/s1. The molecule has 0 spiro atoms. The number of carbonyl (C=O) groups excluding carboxylic acids is 6. The van der Waals surface area contributed by atoms with E-state index in [1.807, 2.05) is 24.3 Å². The van der Waals surface area contributed by atoms with Crippen molar-refractivity contribution < 1.29 is 38.6 Å². The molecule has 1 aliphatic rings. The second-order valence-electron chi connectivity index (χ2n) is 15.0. The summed E-state index contributed by atoms with van der Waals surface area (Å²) >= 11 is 0. The Hall–Kier alpha value is -5.96. The predicted molar refractivity (Wildman–Crippen MR) is 220 cm³/mol. The molecule has 0 saturated carbocycles. The third kappa shape index (κ3) is 13.0. The predicted octanol–water partition coefficient (Wildman–Crippen LogP) is 4.04. The molecule has 0 saturated heterocycles. The zero-order valence-corrected chi connectivity index (χ0v) is 33.6. The van der Waals surface area contributed by atoms with Gasteiger partial charge in [-0.05, 0) is 78.0 Å². The SMILES string of the molecule is CC(C)C(=O)N[C@@H](CCCCNC(=O)OCC1c2ccccc2-c2ccccc21)C(=O)N[C@H](C(=O)N[C@@H](CCCNC(N)=O)C(=O)Nc1ccc(CO)cc1)C(C)C. The zero-order valence-electron chi connectivity index (χ0n) is 33.6. The normalized spacial score (nSPS) is 13.4. The van der Waals surface area contributed by atoms with Crippen molar-refractivity contribution in [3.8, 4) is 11.1 Å². The molecule has 9 N–H and O–H groups in total. The van der Waals surface area contributed by atoms with E-state index in [2.05, 4.69) is 56.2 Å². The molecule has 3 aromatic rings.